The van der Waals surface area contributed by atoms with Gasteiger partial charge < -0.3 is 10.1 Å². The third-order valence-corrected chi connectivity index (χ3v) is 4.29. The summed E-state index contributed by atoms with van der Waals surface area (Å²) in [5.74, 6) is 0.415. The molecule has 0 unspecified atom stereocenters. The number of benzene rings is 1. The summed E-state index contributed by atoms with van der Waals surface area (Å²) in [7, 11) is 1.57. The molecule has 0 aromatic heterocycles. The number of unbranched alkanes of at least 4 members (excludes halogenated alkanes) is 2. The highest BCUT2D eigenvalue weighted by Gasteiger charge is 2.24. The molecular weight excluding hydrogens is 315 g/mol. The van der Waals surface area contributed by atoms with E-state index < -0.39 is 0 Å². The SMILES string of the molecule is C=CCCCC[C@H](c1ccc(OC)cc1F)N1CCNCC1.Cl. The van der Waals surface area contributed by atoms with E-state index in [1.807, 2.05) is 18.2 Å². The summed E-state index contributed by atoms with van der Waals surface area (Å²) in [6.45, 7) is 7.65. The number of piperazine rings is 1. The smallest absolute Gasteiger partial charge is 0.131 e. The molecule has 0 radical (unpaired) electrons. The second-order valence-corrected chi connectivity index (χ2v) is 5.76. The fraction of sp³-hybridized carbons (Fsp3) is 0.556. The van der Waals surface area contributed by atoms with Crippen LogP contribution >= 0.6 is 12.4 Å². The summed E-state index contributed by atoms with van der Waals surface area (Å²) in [6, 6.07) is 5.39. The number of methoxy groups -OCH3 is 1. The van der Waals surface area contributed by atoms with Gasteiger partial charge in [-0.2, -0.15) is 0 Å². The van der Waals surface area contributed by atoms with Crippen molar-refractivity contribution >= 4 is 12.4 Å². The molecule has 1 atom stereocenters. The third-order valence-electron chi connectivity index (χ3n) is 4.29. The van der Waals surface area contributed by atoms with Crippen LogP contribution in [-0.2, 0) is 0 Å². The van der Waals surface area contributed by atoms with Crippen molar-refractivity contribution in [2.75, 3.05) is 33.3 Å². The van der Waals surface area contributed by atoms with Crippen molar-refractivity contribution in [3.63, 3.8) is 0 Å². The summed E-state index contributed by atoms with van der Waals surface area (Å²) in [6.07, 6.45) is 6.17. The van der Waals surface area contributed by atoms with Crippen LogP contribution in [0.2, 0.25) is 0 Å². The molecule has 23 heavy (non-hydrogen) atoms. The van der Waals surface area contributed by atoms with Crippen LogP contribution in [0.15, 0.2) is 30.9 Å². The second-order valence-electron chi connectivity index (χ2n) is 5.76. The number of rotatable bonds is 8. The molecule has 1 aliphatic heterocycles. The van der Waals surface area contributed by atoms with E-state index in [1.54, 1.807) is 7.11 Å². The number of ether oxygens (including phenoxy) is 1. The van der Waals surface area contributed by atoms with Gasteiger partial charge in [-0.15, -0.1) is 19.0 Å². The second kappa shape index (κ2) is 10.6. The van der Waals surface area contributed by atoms with E-state index in [0.29, 0.717) is 5.75 Å². The molecule has 0 saturated carbocycles. The van der Waals surface area contributed by atoms with Crippen molar-refractivity contribution in [3.8, 4) is 5.75 Å². The zero-order chi connectivity index (χ0) is 15.8. The van der Waals surface area contributed by atoms with E-state index >= 15 is 0 Å². The lowest BCUT2D eigenvalue weighted by Crippen LogP contribution is -2.45. The van der Waals surface area contributed by atoms with Gasteiger partial charge in [-0.05, 0) is 25.3 Å². The first-order chi connectivity index (χ1) is 10.8. The average molecular weight is 343 g/mol. The van der Waals surface area contributed by atoms with Gasteiger partial charge in [-0.25, -0.2) is 4.39 Å². The van der Waals surface area contributed by atoms with Crippen molar-refractivity contribution in [1.82, 2.24) is 10.2 Å². The number of nitrogens with one attached hydrogen (secondary N) is 1. The Morgan fingerprint density at radius 1 is 1.35 bits per heavy atom. The molecule has 0 bridgehead atoms. The molecular formula is C18H28ClFN2O. The standard InChI is InChI=1S/C18H27FN2O.ClH/c1-3-4-5-6-7-18(21-12-10-20-11-13-21)16-9-8-15(22-2)14-17(16)19;/h3,8-9,14,18,20H,1,4-7,10-13H2,2H3;1H/t18-;/m1./s1. The van der Waals surface area contributed by atoms with E-state index in [2.05, 4.69) is 16.8 Å². The van der Waals surface area contributed by atoms with Gasteiger partial charge in [0.2, 0.25) is 0 Å². The van der Waals surface area contributed by atoms with Crippen LogP contribution in [0, 0.1) is 5.82 Å². The highest BCUT2D eigenvalue weighted by molar-refractivity contribution is 5.85. The van der Waals surface area contributed by atoms with E-state index in [9.17, 15) is 4.39 Å². The molecule has 1 aliphatic rings. The first-order valence-electron chi connectivity index (χ1n) is 8.15. The van der Waals surface area contributed by atoms with E-state index in [0.717, 1.165) is 57.4 Å². The third kappa shape index (κ3) is 5.79. The first-order valence-corrected chi connectivity index (χ1v) is 8.15. The highest BCUT2D eigenvalue weighted by atomic mass is 35.5. The van der Waals surface area contributed by atoms with Crippen LogP contribution < -0.4 is 10.1 Å². The molecule has 5 heteroatoms. The van der Waals surface area contributed by atoms with E-state index in [1.165, 1.54) is 6.07 Å². The number of allylic oxidation sites excluding steroid dienone is 1. The van der Waals surface area contributed by atoms with Crippen LogP contribution in [0.1, 0.15) is 37.3 Å². The summed E-state index contributed by atoms with van der Waals surface area (Å²) >= 11 is 0. The van der Waals surface area contributed by atoms with Gasteiger partial charge in [0.25, 0.3) is 0 Å². The van der Waals surface area contributed by atoms with Gasteiger partial charge in [0.05, 0.1) is 7.11 Å². The number of hydrogen-bond acceptors (Lipinski definition) is 3. The molecule has 0 aliphatic carbocycles. The quantitative estimate of drug-likeness (QED) is 0.572. The largest absolute Gasteiger partial charge is 0.497 e. The molecule has 3 nitrogen and oxygen atoms in total. The molecule has 1 heterocycles. The van der Waals surface area contributed by atoms with Crippen LogP contribution in [0.4, 0.5) is 4.39 Å². The number of halogens is 2. The maximum absolute atomic E-state index is 14.5. The predicted octanol–water partition coefficient (Wildman–Crippen LogP) is 3.95. The molecule has 0 spiro atoms. The van der Waals surface area contributed by atoms with Crippen LogP contribution in [-0.4, -0.2) is 38.2 Å². The van der Waals surface area contributed by atoms with Crippen LogP contribution in [0.3, 0.4) is 0 Å². The van der Waals surface area contributed by atoms with Crippen molar-refractivity contribution in [3.05, 3.63) is 42.2 Å². The van der Waals surface area contributed by atoms with E-state index in [-0.39, 0.29) is 24.3 Å². The molecule has 130 valence electrons. The monoisotopic (exact) mass is 342 g/mol. The highest BCUT2D eigenvalue weighted by Crippen LogP contribution is 2.30. The lowest BCUT2D eigenvalue weighted by Gasteiger charge is -2.35. The van der Waals surface area contributed by atoms with Gasteiger partial charge in [-0.1, -0.05) is 18.6 Å². The lowest BCUT2D eigenvalue weighted by molar-refractivity contribution is 0.159. The normalized spacial score (nSPS) is 16.4. The minimum Gasteiger partial charge on any atom is -0.497 e. The van der Waals surface area contributed by atoms with Gasteiger partial charge in [0.1, 0.15) is 11.6 Å². The Morgan fingerprint density at radius 3 is 2.70 bits per heavy atom. The van der Waals surface area contributed by atoms with Crippen molar-refractivity contribution < 1.29 is 9.13 Å². The molecule has 2 rings (SSSR count). The maximum atomic E-state index is 14.5. The van der Waals surface area contributed by atoms with Gasteiger partial charge in [0.15, 0.2) is 0 Å². The summed E-state index contributed by atoms with van der Waals surface area (Å²) < 4.78 is 19.6. The zero-order valence-corrected chi connectivity index (χ0v) is 14.7. The Hall–Kier alpha value is -1.10. The summed E-state index contributed by atoms with van der Waals surface area (Å²) in [4.78, 5) is 2.40. The van der Waals surface area contributed by atoms with Gasteiger partial charge in [0, 0.05) is 43.9 Å². The minimum absolute atomic E-state index is 0. The predicted molar refractivity (Wildman–Crippen MR) is 96.0 cm³/mol. The molecule has 1 N–H and O–H groups in total. The Kier molecular flexibility index (Phi) is 9.22. The maximum Gasteiger partial charge on any atom is 0.131 e. The number of hydrogen-bond donors (Lipinski definition) is 1. The van der Waals surface area contributed by atoms with Crippen LogP contribution in [0.5, 0.6) is 5.75 Å². The Bertz CT molecular complexity index is 478. The Balaban J connectivity index is 0.00000264. The molecule has 1 fully saturated rings. The topological polar surface area (TPSA) is 24.5 Å². The van der Waals surface area contributed by atoms with Crippen LogP contribution in [0.25, 0.3) is 0 Å². The number of nitrogens with zero attached hydrogens (tertiary/aromatic N) is 1. The van der Waals surface area contributed by atoms with Gasteiger partial charge in [-0.3, -0.25) is 4.90 Å². The van der Waals surface area contributed by atoms with Crippen molar-refractivity contribution in [2.24, 2.45) is 0 Å². The average Bonchev–Trinajstić information content (AvgIpc) is 2.56. The summed E-state index contributed by atoms with van der Waals surface area (Å²) in [5.41, 5.74) is 0.793. The molecule has 0 amide bonds. The van der Waals surface area contributed by atoms with Crippen molar-refractivity contribution in [2.45, 2.75) is 31.7 Å². The fourth-order valence-electron chi connectivity index (χ4n) is 3.06. The molecule has 1 aromatic carbocycles. The van der Waals surface area contributed by atoms with E-state index in [4.69, 9.17) is 4.74 Å². The molecule has 1 aromatic rings. The van der Waals surface area contributed by atoms with Gasteiger partial charge >= 0.3 is 0 Å². The zero-order valence-electron chi connectivity index (χ0n) is 13.9. The Morgan fingerprint density at radius 2 is 2.09 bits per heavy atom. The Labute approximate surface area is 145 Å². The van der Waals surface area contributed by atoms with Crippen molar-refractivity contribution in [1.29, 1.82) is 0 Å². The first kappa shape index (κ1) is 19.9. The fourth-order valence-corrected chi connectivity index (χ4v) is 3.06. The lowest BCUT2D eigenvalue weighted by atomic mass is 9.97. The minimum atomic E-state index is -0.161. The molecule has 1 saturated heterocycles. The summed E-state index contributed by atoms with van der Waals surface area (Å²) in [5, 5.41) is 3.36.